The van der Waals surface area contributed by atoms with Gasteiger partial charge in [-0.15, -0.1) is 10.2 Å². The fourth-order valence-electron chi connectivity index (χ4n) is 2.24. The minimum atomic E-state index is -0.437. The lowest BCUT2D eigenvalue weighted by Crippen LogP contribution is -2.14. The highest BCUT2D eigenvalue weighted by Crippen LogP contribution is 2.24. The molecule has 0 aliphatic heterocycles. The Hall–Kier alpha value is -2.84. The van der Waals surface area contributed by atoms with Gasteiger partial charge in [-0.1, -0.05) is 29.4 Å². The number of rotatable bonds is 7. The van der Waals surface area contributed by atoms with Crippen LogP contribution in [0.15, 0.2) is 58.2 Å². The highest BCUT2D eigenvalue weighted by Gasteiger charge is 2.12. The standard InChI is InChI=1S/C19H16ClN3O4S/c1-2-26-18(25)13-4-3-5-15(10-13)21-16(24)11-28-19-23-22-17(27-19)12-6-8-14(20)9-7-12/h3-10H,2,11H2,1H3,(H,21,24). The Labute approximate surface area is 170 Å². The van der Waals surface area contributed by atoms with Crippen molar-refractivity contribution in [3.8, 4) is 11.5 Å². The molecule has 0 saturated carbocycles. The Balaban J connectivity index is 1.56. The molecule has 1 N–H and O–H groups in total. The summed E-state index contributed by atoms with van der Waals surface area (Å²) in [4.78, 5) is 23.9. The number of hydrogen-bond acceptors (Lipinski definition) is 7. The number of aromatic nitrogens is 2. The van der Waals surface area contributed by atoms with Crippen molar-refractivity contribution in [2.75, 3.05) is 17.7 Å². The van der Waals surface area contributed by atoms with Crippen molar-refractivity contribution in [2.45, 2.75) is 12.1 Å². The van der Waals surface area contributed by atoms with Crippen LogP contribution >= 0.6 is 23.4 Å². The summed E-state index contributed by atoms with van der Waals surface area (Å²) in [6.07, 6.45) is 0. The van der Waals surface area contributed by atoms with Crippen LogP contribution in [0.25, 0.3) is 11.5 Å². The molecule has 28 heavy (non-hydrogen) atoms. The molecule has 1 amide bonds. The number of esters is 1. The van der Waals surface area contributed by atoms with E-state index in [4.69, 9.17) is 20.8 Å². The van der Waals surface area contributed by atoms with Gasteiger partial charge in [-0.2, -0.15) is 0 Å². The molecule has 3 aromatic rings. The average Bonchev–Trinajstić information content (AvgIpc) is 3.16. The quantitative estimate of drug-likeness (QED) is 0.452. The third-order valence-electron chi connectivity index (χ3n) is 3.48. The van der Waals surface area contributed by atoms with E-state index in [-0.39, 0.29) is 23.5 Å². The normalized spacial score (nSPS) is 10.5. The highest BCUT2D eigenvalue weighted by atomic mass is 35.5. The van der Waals surface area contributed by atoms with Gasteiger partial charge in [0.25, 0.3) is 5.22 Å². The van der Waals surface area contributed by atoms with E-state index in [1.807, 2.05) is 0 Å². The molecular formula is C19H16ClN3O4S. The molecule has 0 fully saturated rings. The van der Waals surface area contributed by atoms with Gasteiger partial charge in [0.05, 0.1) is 17.9 Å². The SMILES string of the molecule is CCOC(=O)c1cccc(NC(=O)CSc2nnc(-c3ccc(Cl)cc3)o2)c1. The molecule has 144 valence electrons. The van der Waals surface area contributed by atoms with Crippen molar-refractivity contribution in [2.24, 2.45) is 0 Å². The molecule has 0 atom stereocenters. The molecule has 1 heterocycles. The summed E-state index contributed by atoms with van der Waals surface area (Å²) < 4.78 is 10.5. The van der Waals surface area contributed by atoms with E-state index >= 15 is 0 Å². The lowest BCUT2D eigenvalue weighted by atomic mass is 10.2. The Morgan fingerprint density at radius 3 is 2.71 bits per heavy atom. The van der Waals surface area contributed by atoms with Crippen molar-refractivity contribution >= 4 is 40.9 Å². The number of nitrogens with zero attached hydrogens (tertiary/aromatic N) is 2. The number of halogens is 1. The zero-order chi connectivity index (χ0) is 19.9. The van der Waals surface area contributed by atoms with Crippen molar-refractivity contribution in [1.82, 2.24) is 10.2 Å². The van der Waals surface area contributed by atoms with Crippen LogP contribution in [0.2, 0.25) is 5.02 Å². The molecule has 0 unspecified atom stereocenters. The number of hydrogen-bond donors (Lipinski definition) is 1. The number of amides is 1. The van der Waals surface area contributed by atoms with Gasteiger partial charge in [0.1, 0.15) is 0 Å². The molecule has 0 spiro atoms. The summed E-state index contributed by atoms with van der Waals surface area (Å²) in [6, 6.07) is 13.5. The van der Waals surface area contributed by atoms with Gasteiger partial charge in [-0.25, -0.2) is 4.79 Å². The van der Waals surface area contributed by atoms with Crippen molar-refractivity contribution in [1.29, 1.82) is 0 Å². The summed E-state index contributed by atoms with van der Waals surface area (Å²) >= 11 is 6.97. The van der Waals surface area contributed by atoms with E-state index in [9.17, 15) is 9.59 Å². The monoisotopic (exact) mass is 417 g/mol. The van der Waals surface area contributed by atoms with Gasteiger partial charge in [0.15, 0.2) is 0 Å². The maximum Gasteiger partial charge on any atom is 0.338 e. The van der Waals surface area contributed by atoms with Crippen molar-refractivity contribution < 1.29 is 18.7 Å². The smallest absolute Gasteiger partial charge is 0.338 e. The molecule has 0 radical (unpaired) electrons. The molecule has 9 heteroatoms. The van der Waals surface area contributed by atoms with Crippen LogP contribution in [-0.4, -0.2) is 34.4 Å². The van der Waals surface area contributed by atoms with Crippen LogP contribution in [0.5, 0.6) is 0 Å². The number of thioether (sulfide) groups is 1. The highest BCUT2D eigenvalue weighted by molar-refractivity contribution is 7.99. The summed E-state index contributed by atoms with van der Waals surface area (Å²) in [7, 11) is 0. The van der Waals surface area contributed by atoms with Crippen LogP contribution in [0.4, 0.5) is 5.69 Å². The zero-order valence-corrected chi connectivity index (χ0v) is 16.4. The van der Waals surface area contributed by atoms with E-state index in [1.54, 1.807) is 55.5 Å². The second kappa shape index (κ2) is 9.38. The van der Waals surface area contributed by atoms with E-state index in [0.717, 1.165) is 17.3 Å². The van der Waals surface area contributed by atoms with Gasteiger partial charge >= 0.3 is 5.97 Å². The third kappa shape index (κ3) is 5.34. The summed E-state index contributed by atoms with van der Waals surface area (Å²) in [6.45, 7) is 2.02. The molecule has 0 aliphatic carbocycles. The second-order valence-electron chi connectivity index (χ2n) is 5.52. The summed E-state index contributed by atoms with van der Waals surface area (Å²) in [5.74, 6) is -0.279. The van der Waals surface area contributed by atoms with Gasteiger partial charge in [0, 0.05) is 16.3 Å². The van der Waals surface area contributed by atoms with Crippen LogP contribution in [-0.2, 0) is 9.53 Å². The van der Waals surface area contributed by atoms with Gasteiger partial charge in [-0.05, 0) is 49.4 Å². The fraction of sp³-hybridized carbons (Fsp3) is 0.158. The van der Waals surface area contributed by atoms with E-state index < -0.39 is 5.97 Å². The first-order valence-corrected chi connectivity index (χ1v) is 9.71. The minimum Gasteiger partial charge on any atom is -0.462 e. The minimum absolute atomic E-state index is 0.0753. The lowest BCUT2D eigenvalue weighted by Gasteiger charge is -2.06. The topological polar surface area (TPSA) is 94.3 Å². The molecule has 7 nitrogen and oxygen atoms in total. The molecule has 0 bridgehead atoms. The third-order valence-corrected chi connectivity index (χ3v) is 4.55. The largest absolute Gasteiger partial charge is 0.462 e. The maximum atomic E-state index is 12.2. The Morgan fingerprint density at radius 1 is 1.18 bits per heavy atom. The zero-order valence-electron chi connectivity index (χ0n) is 14.8. The molecule has 1 aromatic heterocycles. The van der Waals surface area contributed by atoms with E-state index in [1.165, 1.54) is 0 Å². The number of nitrogens with one attached hydrogen (secondary N) is 1. The Morgan fingerprint density at radius 2 is 1.96 bits per heavy atom. The predicted molar refractivity (Wildman–Crippen MR) is 106 cm³/mol. The predicted octanol–water partition coefficient (Wildman–Crippen LogP) is 4.30. The number of benzene rings is 2. The van der Waals surface area contributed by atoms with Crippen LogP contribution in [0, 0.1) is 0 Å². The first-order valence-electron chi connectivity index (χ1n) is 8.34. The van der Waals surface area contributed by atoms with Crippen molar-refractivity contribution in [3.63, 3.8) is 0 Å². The molecule has 2 aromatic carbocycles. The fourth-order valence-corrected chi connectivity index (χ4v) is 2.93. The van der Waals surface area contributed by atoms with E-state index in [0.29, 0.717) is 22.2 Å². The maximum absolute atomic E-state index is 12.2. The Bertz CT molecular complexity index is 975. The van der Waals surface area contributed by atoms with Crippen molar-refractivity contribution in [3.05, 3.63) is 59.1 Å². The summed E-state index contributed by atoms with van der Waals surface area (Å²) in [5, 5.41) is 11.5. The molecule has 3 rings (SSSR count). The molecule has 0 saturated heterocycles. The van der Waals surface area contributed by atoms with Crippen LogP contribution < -0.4 is 5.32 Å². The lowest BCUT2D eigenvalue weighted by molar-refractivity contribution is -0.113. The molecule has 0 aliphatic rings. The number of carbonyl (C=O) groups excluding carboxylic acids is 2. The van der Waals surface area contributed by atoms with Gasteiger partial charge in [-0.3, -0.25) is 4.79 Å². The van der Waals surface area contributed by atoms with Gasteiger partial charge in [0.2, 0.25) is 11.8 Å². The van der Waals surface area contributed by atoms with Crippen LogP contribution in [0.1, 0.15) is 17.3 Å². The first kappa shape index (κ1) is 19.9. The summed E-state index contributed by atoms with van der Waals surface area (Å²) in [5.41, 5.74) is 1.62. The van der Waals surface area contributed by atoms with Crippen LogP contribution in [0.3, 0.4) is 0 Å². The second-order valence-corrected chi connectivity index (χ2v) is 6.88. The first-order chi connectivity index (χ1) is 13.5. The molecular weight excluding hydrogens is 402 g/mol. The Kier molecular flexibility index (Phi) is 6.67. The number of ether oxygens (including phenoxy) is 1. The van der Waals surface area contributed by atoms with E-state index in [2.05, 4.69) is 15.5 Å². The van der Waals surface area contributed by atoms with Gasteiger partial charge < -0.3 is 14.5 Å². The number of carbonyl (C=O) groups is 2. The average molecular weight is 418 g/mol. The number of anilines is 1.